The van der Waals surface area contributed by atoms with Crippen molar-refractivity contribution in [2.45, 2.75) is 25.7 Å². The molecule has 0 saturated heterocycles. The SMILES string of the molecule is Cc1cc(C(=O)O)nc2cc(C3CC3)nn12. The van der Waals surface area contributed by atoms with Crippen LogP contribution in [0.2, 0.25) is 0 Å². The highest BCUT2D eigenvalue weighted by molar-refractivity contribution is 5.86. The molecule has 2 aromatic rings. The van der Waals surface area contributed by atoms with E-state index in [1.54, 1.807) is 10.6 Å². The molecule has 16 heavy (non-hydrogen) atoms. The molecule has 0 aliphatic heterocycles. The predicted octanol–water partition coefficient (Wildman–Crippen LogP) is 1.61. The molecule has 0 unspecified atom stereocenters. The molecule has 0 spiro atoms. The summed E-state index contributed by atoms with van der Waals surface area (Å²) >= 11 is 0. The molecule has 1 N–H and O–H groups in total. The van der Waals surface area contributed by atoms with Crippen LogP contribution in [0.5, 0.6) is 0 Å². The van der Waals surface area contributed by atoms with Crippen LogP contribution in [0.15, 0.2) is 12.1 Å². The smallest absolute Gasteiger partial charge is 0.354 e. The zero-order chi connectivity index (χ0) is 11.3. The van der Waals surface area contributed by atoms with Gasteiger partial charge in [-0.1, -0.05) is 0 Å². The van der Waals surface area contributed by atoms with E-state index in [0.717, 1.165) is 11.4 Å². The van der Waals surface area contributed by atoms with Crippen molar-refractivity contribution < 1.29 is 9.90 Å². The molecule has 0 bridgehead atoms. The maximum Gasteiger partial charge on any atom is 0.354 e. The minimum Gasteiger partial charge on any atom is -0.477 e. The molecule has 2 heterocycles. The van der Waals surface area contributed by atoms with E-state index < -0.39 is 5.97 Å². The molecule has 3 rings (SSSR count). The summed E-state index contributed by atoms with van der Waals surface area (Å²) in [4.78, 5) is 14.9. The summed E-state index contributed by atoms with van der Waals surface area (Å²) in [6.45, 7) is 1.84. The maximum atomic E-state index is 10.9. The molecule has 0 radical (unpaired) electrons. The Morgan fingerprint density at radius 3 is 2.88 bits per heavy atom. The van der Waals surface area contributed by atoms with Gasteiger partial charge in [0, 0.05) is 17.7 Å². The van der Waals surface area contributed by atoms with Crippen LogP contribution in [0.25, 0.3) is 5.65 Å². The van der Waals surface area contributed by atoms with Gasteiger partial charge >= 0.3 is 5.97 Å². The molecular formula is C11H11N3O2. The van der Waals surface area contributed by atoms with E-state index in [1.807, 2.05) is 13.0 Å². The monoisotopic (exact) mass is 217 g/mol. The lowest BCUT2D eigenvalue weighted by Crippen LogP contribution is -2.05. The van der Waals surface area contributed by atoms with Crippen molar-refractivity contribution in [3.8, 4) is 0 Å². The largest absolute Gasteiger partial charge is 0.477 e. The molecule has 1 aliphatic carbocycles. The van der Waals surface area contributed by atoms with E-state index in [2.05, 4.69) is 10.1 Å². The Balaban J connectivity index is 2.21. The molecule has 0 atom stereocenters. The Morgan fingerprint density at radius 2 is 2.25 bits per heavy atom. The summed E-state index contributed by atoms with van der Waals surface area (Å²) < 4.78 is 1.71. The number of hydrogen-bond donors (Lipinski definition) is 1. The second-order valence-corrected chi connectivity index (χ2v) is 4.20. The molecule has 2 aromatic heterocycles. The van der Waals surface area contributed by atoms with Crippen LogP contribution in [0.3, 0.4) is 0 Å². The van der Waals surface area contributed by atoms with Crippen molar-refractivity contribution in [3.05, 3.63) is 29.2 Å². The number of aromatic carboxylic acids is 1. The van der Waals surface area contributed by atoms with E-state index in [4.69, 9.17) is 5.11 Å². The first-order chi connectivity index (χ1) is 7.65. The quantitative estimate of drug-likeness (QED) is 0.829. The van der Waals surface area contributed by atoms with E-state index in [9.17, 15) is 4.79 Å². The van der Waals surface area contributed by atoms with Gasteiger partial charge in [0.25, 0.3) is 0 Å². The van der Waals surface area contributed by atoms with Crippen molar-refractivity contribution in [3.63, 3.8) is 0 Å². The third-order valence-electron chi connectivity index (χ3n) is 2.84. The van der Waals surface area contributed by atoms with Crippen molar-refractivity contribution in [2.24, 2.45) is 0 Å². The van der Waals surface area contributed by atoms with Gasteiger partial charge in [-0.25, -0.2) is 14.3 Å². The third-order valence-corrected chi connectivity index (χ3v) is 2.84. The molecule has 0 aromatic carbocycles. The summed E-state index contributed by atoms with van der Waals surface area (Å²) in [5, 5.41) is 13.3. The lowest BCUT2D eigenvalue weighted by Gasteiger charge is -1.99. The van der Waals surface area contributed by atoms with Crippen LogP contribution in [0, 0.1) is 6.92 Å². The van der Waals surface area contributed by atoms with Gasteiger partial charge in [0.2, 0.25) is 0 Å². The lowest BCUT2D eigenvalue weighted by molar-refractivity contribution is 0.0690. The summed E-state index contributed by atoms with van der Waals surface area (Å²) in [6.07, 6.45) is 2.35. The zero-order valence-corrected chi connectivity index (χ0v) is 8.84. The van der Waals surface area contributed by atoms with Crippen LogP contribution in [-0.2, 0) is 0 Å². The van der Waals surface area contributed by atoms with Gasteiger partial charge in [-0.3, -0.25) is 0 Å². The highest BCUT2D eigenvalue weighted by Gasteiger charge is 2.27. The number of aryl methyl sites for hydroxylation is 1. The minimum absolute atomic E-state index is 0.0762. The Bertz CT molecular complexity index is 584. The number of nitrogens with zero attached hydrogens (tertiary/aromatic N) is 3. The molecular weight excluding hydrogens is 206 g/mol. The average molecular weight is 217 g/mol. The molecule has 1 aliphatic rings. The molecule has 5 heteroatoms. The number of carboxylic acid groups (broad SMARTS) is 1. The lowest BCUT2D eigenvalue weighted by atomic mass is 10.3. The van der Waals surface area contributed by atoms with Crippen molar-refractivity contribution >= 4 is 11.6 Å². The number of fused-ring (bicyclic) bond motifs is 1. The fraction of sp³-hybridized carbons (Fsp3) is 0.364. The van der Waals surface area contributed by atoms with Crippen LogP contribution in [0.1, 0.15) is 40.6 Å². The van der Waals surface area contributed by atoms with Gasteiger partial charge in [0.05, 0.1) is 5.69 Å². The van der Waals surface area contributed by atoms with Gasteiger partial charge < -0.3 is 5.11 Å². The fourth-order valence-corrected chi connectivity index (χ4v) is 1.83. The summed E-state index contributed by atoms with van der Waals surface area (Å²) in [5.41, 5.74) is 2.53. The Morgan fingerprint density at radius 1 is 1.50 bits per heavy atom. The van der Waals surface area contributed by atoms with Gasteiger partial charge in [-0.15, -0.1) is 0 Å². The van der Waals surface area contributed by atoms with Gasteiger partial charge in [0.15, 0.2) is 11.3 Å². The third kappa shape index (κ3) is 1.36. The van der Waals surface area contributed by atoms with E-state index in [0.29, 0.717) is 11.6 Å². The van der Waals surface area contributed by atoms with Crippen molar-refractivity contribution in [2.75, 3.05) is 0 Å². The molecule has 5 nitrogen and oxygen atoms in total. The van der Waals surface area contributed by atoms with E-state index in [-0.39, 0.29) is 5.69 Å². The first-order valence-electron chi connectivity index (χ1n) is 5.26. The van der Waals surface area contributed by atoms with Crippen LogP contribution in [0.4, 0.5) is 0 Å². The maximum absolute atomic E-state index is 10.9. The Labute approximate surface area is 91.7 Å². The summed E-state index contributed by atoms with van der Waals surface area (Å²) in [7, 11) is 0. The Hall–Kier alpha value is -1.91. The van der Waals surface area contributed by atoms with Crippen molar-refractivity contribution in [1.82, 2.24) is 14.6 Å². The highest BCUT2D eigenvalue weighted by atomic mass is 16.4. The number of aromatic nitrogens is 3. The first kappa shape index (κ1) is 9.33. The molecule has 82 valence electrons. The fourth-order valence-electron chi connectivity index (χ4n) is 1.83. The number of carboxylic acids is 1. The summed E-state index contributed by atoms with van der Waals surface area (Å²) in [6, 6.07) is 3.43. The zero-order valence-electron chi connectivity index (χ0n) is 8.84. The van der Waals surface area contributed by atoms with Crippen LogP contribution in [-0.4, -0.2) is 25.7 Å². The average Bonchev–Trinajstić information content (AvgIpc) is 2.98. The topological polar surface area (TPSA) is 67.5 Å². The van der Waals surface area contributed by atoms with Gasteiger partial charge in [0.1, 0.15) is 0 Å². The minimum atomic E-state index is -1.00. The molecule has 1 saturated carbocycles. The van der Waals surface area contributed by atoms with E-state index >= 15 is 0 Å². The number of hydrogen-bond acceptors (Lipinski definition) is 3. The van der Waals surface area contributed by atoms with Gasteiger partial charge in [-0.05, 0) is 25.8 Å². The second-order valence-electron chi connectivity index (χ2n) is 4.20. The van der Waals surface area contributed by atoms with Crippen LogP contribution >= 0.6 is 0 Å². The molecule has 0 amide bonds. The number of rotatable bonds is 2. The van der Waals surface area contributed by atoms with Crippen molar-refractivity contribution in [1.29, 1.82) is 0 Å². The highest BCUT2D eigenvalue weighted by Crippen LogP contribution is 2.39. The normalized spacial score (nSPS) is 15.6. The standard InChI is InChI=1S/C11H11N3O2/c1-6-4-9(11(15)16)12-10-5-8(7-2-3-7)13-14(6)10/h4-5,7H,2-3H2,1H3,(H,15,16). The second kappa shape index (κ2) is 3.04. The summed E-state index contributed by atoms with van der Waals surface area (Å²) in [5.74, 6) is -0.450. The number of carbonyl (C=O) groups is 1. The predicted molar refractivity (Wildman–Crippen MR) is 56.7 cm³/mol. The first-order valence-corrected chi connectivity index (χ1v) is 5.26. The Kier molecular flexibility index (Phi) is 1.77. The van der Waals surface area contributed by atoms with Gasteiger partial charge in [-0.2, -0.15) is 5.10 Å². The van der Waals surface area contributed by atoms with E-state index in [1.165, 1.54) is 12.8 Å². The molecule has 1 fully saturated rings. The van der Waals surface area contributed by atoms with Crippen LogP contribution < -0.4 is 0 Å².